The van der Waals surface area contributed by atoms with E-state index in [4.69, 9.17) is 0 Å². The lowest BCUT2D eigenvalue weighted by molar-refractivity contribution is -0.122. The molecule has 1 aromatic rings. The molecule has 0 fully saturated rings. The fourth-order valence-electron chi connectivity index (χ4n) is 1.55. The van der Waals surface area contributed by atoms with Crippen molar-refractivity contribution in [3.8, 4) is 0 Å². The molecule has 6 heteroatoms. The van der Waals surface area contributed by atoms with Crippen molar-refractivity contribution >= 4 is 17.5 Å². The van der Waals surface area contributed by atoms with Gasteiger partial charge in [-0.2, -0.15) is 0 Å². The third-order valence-electron chi connectivity index (χ3n) is 2.62. The van der Waals surface area contributed by atoms with E-state index < -0.39 is 6.04 Å². The highest BCUT2D eigenvalue weighted by molar-refractivity contribution is 6.01. The number of carbonyl (C=O) groups is 2. The largest absolute Gasteiger partial charge is 0.384 e. The molecule has 2 amide bonds. The Kier molecular flexibility index (Phi) is 5.78. The highest BCUT2D eigenvalue weighted by atomic mass is 16.2. The number of rotatable bonds is 6. The van der Waals surface area contributed by atoms with Gasteiger partial charge in [-0.1, -0.05) is 6.92 Å². The lowest BCUT2D eigenvalue weighted by atomic mass is 10.2. The van der Waals surface area contributed by atoms with Crippen LogP contribution in [0.4, 0.5) is 5.69 Å². The number of pyridine rings is 1. The van der Waals surface area contributed by atoms with E-state index in [2.05, 4.69) is 20.9 Å². The van der Waals surface area contributed by atoms with Crippen molar-refractivity contribution in [2.75, 3.05) is 18.9 Å². The third-order valence-corrected chi connectivity index (χ3v) is 2.62. The van der Waals surface area contributed by atoms with Gasteiger partial charge in [0, 0.05) is 26.0 Å². The first-order chi connectivity index (χ1) is 9.10. The van der Waals surface area contributed by atoms with Crippen LogP contribution in [-0.4, -0.2) is 36.4 Å². The quantitative estimate of drug-likeness (QED) is 0.708. The maximum absolute atomic E-state index is 12.1. The van der Waals surface area contributed by atoms with Crippen LogP contribution in [0.15, 0.2) is 18.5 Å². The zero-order valence-electron chi connectivity index (χ0n) is 11.5. The molecular weight excluding hydrogens is 244 g/mol. The minimum absolute atomic E-state index is 0.236. The number of hydrogen-bond acceptors (Lipinski definition) is 4. The van der Waals surface area contributed by atoms with Gasteiger partial charge >= 0.3 is 0 Å². The molecule has 0 aliphatic heterocycles. The fraction of sp³-hybridized carbons (Fsp3) is 0.462. The van der Waals surface area contributed by atoms with E-state index >= 15 is 0 Å². The predicted octanol–water partition coefficient (Wildman–Crippen LogP) is 0.768. The van der Waals surface area contributed by atoms with Crippen molar-refractivity contribution < 1.29 is 9.59 Å². The molecule has 0 saturated carbocycles. The van der Waals surface area contributed by atoms with Crippen LogP contribution in [0, 0.1) is 0 Å². The van der Waals surface area contributed by atoms with Crippen molar-refractivity contribution in [2.45, 2.75) is 26.3 Å². The number of amides is 2. The van der Waals surface area contributed by atoms with E-state index in [1.165, 1.54) is 13.2 Å². The van der Waals surface area contributed by atoms with E-state index in [1.54, 1.807) is 19.2 Å². The Morgan fingerprint density at radius 1 is 1.42 bits per heavy atom. The van der Waals surface area contributed by atoms with Gasteiger partial charge in [0.15, 0.2) is 0 Å². The second-order valence-electron chi connectivity index (χ2n) is 4.16. The molecule has 0 radical (unpaired) electrons. The van der Waals surface area contributed by atoms with Crippen LogP contribution in [0.2, 0.25) is 0 Å². The highest BCUT2D eigenvalue weighted by Gasteiger charge is 2.17. The lowest BCUT2D eigenvalue weighted by Gasteiger charge is -2.14. The van der Waals surface area contributed by atoms with Crippen LogP contribution in [0.3, 0.4) is 0 Å². The Labute approximate surface area is 113 Å². The number of nitrogens with one attached hydrogen (secondary N) is 3. The summed E-state index contributed by atoms with van der Waals surface area (Å²) in [6.07, 6.45) is 4.07. The van der Waals surface area contributed by atoms with E-state index in [1.807, 2.05) is 6.92 Å². The fourth-order valence-corrected chi connectivity index (χ4v) is 1.55. The van der Waals surface area contributed by atoms with Crippen molar-refractivity contribution in [1.29, 1.82) is 0 Å². The van der Waals surface area contributed by atoms with Gasteiger partial charge in [0.25, 0.3) is 5.91 Å². The van der Waals surface area contributed by atoms with E-state index in [-0.39, 0.29) is 11.8 Å². The minimum Gasteiger partial charge on any atom is -0.384 e. The van der Waals surface area contributed by atoms with E-state index in [0.717, 1.165) is 18.7 Å². The molecular formula is C13H20N4O2. The molecule has 0 saturated heterocycles. The van der Waals surface area contributed by atoms with Gasteiger partial charge < -0.3 is 16.0 Å². The average molecular weight is 264 g/mol. The monoisotopic (exact) mass is 264 g/mol. The Bertz CT molecular complexity index is 448. The Morgan fingerprint density at radius 2 is 2.16 bits per heavy atom. The number of likely N-dealkylation sites (N-methyl/N-ethyl adjacent to an activating group) is 1. The van der Waals surface area contributed by atoms with Crippen molar-refractivity contribution in [3.05, 3.63) is 24.0 Å². The summed E-state index contributed by atoms with van der Waals surface area (Å²) < 4.78 is 0. The molecule has 1 atom stereocenters. The Morgan fingerprint density at radius 3 is 2.79 bits per heavy atom. The zero-order chi connectivity index (χ0) is 14.3. The molecule has 0 spiro atoms. The predicted molar refractivity (Wildman–Crippen MR) is 74.0 cm³/mol. The van der Waals surface area contributed by atoms with Crippen LogP contribution in [0.25, 0.3) is 0 Å². The molecule has 1 unspecified atom stereocenters. The molecule has 1 rings (SSSR count). The van der Waals surface area contributed by atoms with E-state index in [9.17, 15) is 9.59 Å². The average Bonchev–Trinajstić information content (AvgIpc) is 2.44. The number of aromatic nitrogens is 1. The van der Waals surface area contributed by atoms with Crippen LogP contribution >= 0.6 is 0 Å². The lowest BCUT2D eigenvalue weighted by Crippen LogP contribution is -2.43. The van der Waals surface area contributed by atoms with Gasteiger partial charge in [-0.05, 0) is 19.4 Å². The highest BCUT2D eigenvalue weighted by Crippen LogP contribution is 2.13. The normalized spacial score (nSPS) is 11.5. The minimum atomic E-state index is -0.586. The molecule has 0 aliphatic carbocycles. The summed E-state index contributed by atoms with van der Waals surface area (Å²) in [6, 6.07) is 1.16. The van der Waals surface area contributed by atoms with Crippen LogP contribution < -0.4 is 16.0 Å². The zero-order valence-corrected chi connectivity index (χ0v) is 11.5. The molecule has 0 aromatic carbocycles. The molecule has 19 heavy (non-hydrogen) atoms. The first-order valence-electron chi connectivity index (χ1n) is 6.30. The Balaban J connectivity index is 2.78. The van der Waals surface area contributed by atoms with Crippen molar-refractivity contribution in [3.63, 3.8) is 0 Å². The topological polar surface area (TPSA) is 83.1 Å². The van der Waals surface area contributed by atoms with Gasteiger partial charge in [-0.3, -0.25) is 14.6 Å². The summed E-state index contributed by atoms with van der Waals surface area (Å²) >= 11 is 0. The number of hydrogen-bond donors (Lipinski definition) is 3. The SMILES string of the molecule is CCCNc1ccncc1C(=O)NC(C)C(=O)NC. The van der Waals surface area contributed by atoms with Gasteiger partial charge in [0.2, 0.25) is 5.91 Å². The van der Waals surface area contributed by atoms with Gasteiger partial charge in [0.1, 0.15) is 6.04 Å². The molecule has 6 nitrogen and oxygen atoms in total. The van der Waals surface area contributed by atoms with Crippen LogP contribution in [0.1, 0.15) is 30.6 Å². The summed E-state index contributed by atoms with van der Waals surface area (Å²) in [5, 5.41) is 8.28. The van der Waals surface area contributed by atoms with Crippen molar-refractivity contribution in [1.82, 2.24) is 15.6 Å². The Hall–Kier alpha value is -2.11. The molecule has 104 valence electrons. The second-order valence-corrected chi connectivity index (χ2v) is 4.16. The maximum Gasteiger partial charge on any atom is 0.255 e. The second kappa shape index (κ2) is 7.35. The summed E-state index contributed by atoms with van der Waals surface area (Å²) in [4.78, 5) is 27.4. The summed E-state index contributed by atoms with van der Waals surface area (Å²) in [5.41, 5.74) is 1.16. The van der Waals surface area contributed by atoms with Crippen LogP contribution in [-0.2, 0) is 4.79 Å². The molecule has 1 heterocycles. The molecule has 0 bridgehead atoms. The maximum atomic E-state index is 12.1. The molecule has 3 N–H and O–H groups in total. The smallest absolute Gasteiger partial charge is 0.255 e. The summed E-state index contributed by atoms with van der Waals surface area (Å²) in [7, 11) is 1.53. The van der Waals surface area contributed by atoms with Gasteiger partial charge in [-0.25, -0.2) is 0 Å². The number of nitrogens with zero attached hydrogens (tertiary/aromatic N) is 1. The van der Waals surface area contributed by atoms with Crippen LogP contribution in [0.5, 0.6) is 0 Å². The summed E-state index contributed by atoms with van der Waals surface area (Å²) in [6.45, 7) is 4.45. The number of carbonyl (C=O) groups excluding carboxylic acids is 2. The third kappa shape index (κ3) is 4.24. The molecule has 1 aromatic heterocycles. The molecule has 0 aliphatic rings. The first-order valence-corrected chi connectivity index (χ1v) is 6.30. The van der Waals surface area contributed by atoms with Crippen molar-refractivity contribution in [2.24, 2.45) is 0 Å². The van der Waals surface area contributed by atoms with Gasteiger partial charge in [0.05, 0.1) is 11.3 Å². The van der Waals surface area contributed by atoms with E-state index in [0.29, 0.717) is 5.56 Å². The standard InChI is InChI=1S/C13H20N4O2/c1-4-6-16-11-5-7-15-8-10(11)13(19)17-9(2)12(18)14-3/h5,7-9H,4,6H2,1-3H3,(H,14,18)(H,15,16)(H,17,19). The number of anilines is 1. The summed E-state index contributed by atoms with van der Waals surface area (Å²) in [5.74, 6) is -0.553. The van der Waals surface area contributed by atoms with Gasteiger partial charge in [-0.15, -0.1) is 0 Å². The first kappa shape index (κ1) is 14.9.